The molecule has 0 atom stereocenters. The molecule has 4 rings (SSSR count). The molecule has 1 saturated heterocycles. The van der Waals surface area contributed by atoms with Crippen molar-refractivity contribution in [3.8, 4) is 5.82 Å². The van der Waals surface area contributed by atoms with Crippen LogP contribution in [0.2, 0.25) is 0 Å². The molecule has 0 spiro atoms. The maximum atomic E-state index is 12.7. The van der Waals surface area contributed by atoms with Crippen LogP contribution in [0.25, 0.3) is 5.82 Å². The van der Waals surface area contributed by atoms with Crippen molar-refractivity contribution < 1.29 is 21.6 Å². The number of sulfonamides is 1. The lowest BCUT2D eigenvalue weighted by molar-refractivity contribution is -0.137. The first-order chi connectivity index (χ1) is 14.7. The molecule has 3 heterocycles. The standard InChI is InChI=1S/C20H20F3N5O2S/c21-20(22,23)17-5-3-16(4-6-17)15-31(29,30)28-13-11-27(12-14-28)19-8-7-18(24-25-19)26-9-1-2-10-26/h1-10H,11-15H2. The largest absolute Gasteiger partial charge is 0.416 e. The van der Waals surface area contributed by atoms with E-state index in [4.69, 9.17) is 0 Å². The Bertz CT molecular complexity index is 1110. The fraction of sp³-hybridized carbons (Fsp3) is 0.300. The van der Waals surface area contributed by atoms with Gasteiger partial charge < -0.3 is 9.47 Å². The van der Waals surface area contributed by atoms with E-state index in [2.05, 4.69) is 10.2 Å². The highest BCUT2D eigenvalue weighted by atomic mass is 32.2. The van der Waals surface area contributed by atoms with Gasteiger partial charge in [-0.25, -0.2) is 8.42 Å². The van der Waals surface area contributed by atoms with Crippen LogP contribution < -0.4 is 4.90 Å². The minimum Gasteiger partial charge on any atom is -0.352 e. The van der Waals surface area contributed by atoms with Crippen molar-refractivity contribution in [2.75, 3.05) is 31.1 Å². The van der Waals surface area contributed by atoms with Gasteiger partial charge in [0.1, 0.15) is 0 Å². The fourth-order valence-electron chi connectivity index (χ4n) is 3.40. The molecular weight excluding hydrogens is 431 g/mol. The molecule has 1 aliphatic heterocycles. The van der Waals surface area contributed by atoms with Crippen molar-refractivity contribution in [2.45, 2.75) is 11.9 Å². The third-order valence-electron chi connectivity index (χ3n) is 5.09. The van der Waals surface area contributed by atoms with E-state index in [1.165, 1.54) is 16.4 Å². The number of piperazine rings is 1. The summed E-state index contributed by atoms with van der Waals surface area (Å²) >= 11 is 0. The van der Waals surface area contributed by atoms with Crippen molar-refractivity contribution in [1.82, 2.24) is 19.1 Å². The van der Waals surface area contributed by atoms with Crippen molar-refractivity contribution >= 4 is 15.8 Å². The summed E-state index contributed by atoms with van der Waals surface area (Å²) in [6, 6.07) is 11.7. The van der Waals surface area contributed by atoms with E-state index >= 15 is 0 Å². The van der Waals surface area contributed by atoms with Crippen LogP contribution in [0.1, 0.15) is 11.1 Å². The smallest absolute Gasteiger partial charge is 0.352 e. The molecule has 1 aromatic carbocycles. The Morgan fingerprint density at radius 3 is 1.97 bits per heavy atom. The van der Waals surface area contributed by atoms with Crippen LogP contribution in [0.3, 0.4) is 0 Å². The number of hydrogen-bond acceptors (Lipinski definition) is 5. The van der Waals surface area contributed by atoms with E-state index in [0.29, 0.717) is 30.3 Å². The number of halogens is 3. The Morgan fingerprint density at radius 2 is 1.42 bits per heavy atom. The van der Waals surface area contributed by atoms with Gasteiger partial charge in [-0.1, -0.05) is 12.1 Å². The zero-order chi connectivity index (χ0) is 22.1. The summed E-state index contributed by atoms with van der Waals surface area (Å²) in [4.78, 5) is 1.95. The van der Waals surface area contributed by atoms with E-state index in [1.807, 2.05) is 46.1 Å². The van der Waals surface area contributed by atoms with Crippen molar-refractivity contribution in [3.05, 3.63) is 72.1 Å². The van der Waals surface area contributed by atoms with Crippen LogP contribution in [0.15, 0.2) is 60.9 Å². The van der Waals surface area contributed by atoms with Crippen molar-refractivity contribution in [3.63, 3.8) is 0 Å². The van der Waals surface area contributed by atoms with Crippen LogP contribution in [0.4, 0.5) is 19.0 Å². The minimum atomic E-state index is -4.45. The minimum absolute atomic E-state index is 0.268. The Morgan fingerprint density at radius 1 is 0.839 bits per heavy atom. The summed E-state index contributed by atoms with van der Waals surface area (Å²) in [6.45, 7) is 1.43. The number of rotatable bonds is 5. The number of nitrogens with zero attached hydrogens (tertiary/aromatic N) is 5. The Labute approximate surface area is 177 Å². The van der Waals surface area contributed by atoms with Gasteiger partial charge in [0, 0.05) is 38.6 Å². The third-order valence-corrected chi connectivity index (χ3v) is 6.94. The predicted octanol–water partition coefficient (Wildman–Crippen LogP) is 2.94. The average molecular weight is 451 g/mol. The molecule has 1 aliphatic rings. The molecule has 0 N–H and O–H groups in total. The number of hydrogen-bond donors (Lipinski definition) is 0. The molecule has 0 radical (unpaired) electrons. The summed E-state index contributed by atoms with van der Waals surface area (Å²) in [6.07, 6.45) is -0.718. The maximum Gasteiger partial charge on any atom is 0.416 e. The molecule has 0 saturated carbocycles. The quantitative estimate of drug-likeness (QED) is 0.597. The van der Waals surface area contributed by atoms with Crippen LogP contribution in [0.5, 0.6) is 0 Å². The zero-order valence-corrected chi connectivity index (χ0v) is 17.2. The van der Waals surface area contributed by atoms with Crippen molar-refractivity contribution in [2.24, 2.45) is 0 Å². The topological polar surface area (TPSA) is 71.3 Å². The van der Waals surface area contributed by atoms with Crippen LogP contribution in [0, 0.1) is 0 Å². The molecule has 11 heteroatoms. The maximum absolute atomic E-state index is 12.7. The van der Waals surface area contributed by atoms with Crippen molar-refractivity contribution in [1.29, 1.82) is 0 Å². The van der Waals surface area contributed by atoms with E-state index in [9.17, 15) is 21.6 Å². The zero-order valence-electron chi connectivity index (χ0n) is 16.4. The molecular formula is C20H20F3N5O2S. The lowest BCUT2D eigenvalue weighted by atomic mass is 10.1. The van der Waals surface area contributed by atoms with Gasteiger partial charge in [-0.2, -0.15) is 17.5 Å². The number of alkyl halides is 3. The second-order valence-corrected chi connectivity index (χ2v) is 9.15. The van der Waals surface area contributed by atoms with Gasteiger partial charge in [0.15, 0.2) is 11.6 Å². The normalized spacial score (nSPS) is 15.9. The highest BCUT2D eigenvalue weighted by Gasteiger charge is 2.31. The summed E-state index contributed by atoms with van der Waals surface area (Å²) < 4.78 is 66.7. The molecule has 0 unspecified atom stereocenters. The summed E-state index contributed by atoms with van der Waals surface area (Å²) in [5.41, 5.74) is -0.479. The molecule has 164 valence electrons. The van der Waals surface area contributed by atoms with Gasteiger partial charge in [0.05, 0.1) is 11.3 Å². The number of benzene rings is 1. The molecule has 0 bridgehead atoms. The van der Waals surface area contributed by atoms with Crippen LogP contribution >= 0.6 is 0 Å². The lowest BCUT2D eigenvalue weighted by Gasteiger charge is -2.34. The lowest BCUT2D eigenvalue weighted by Crippen LogP contribution is -2.49. The SMILES string of the molecule is O=S(=O)(Cc1ccc(C(F)(F)F)cc1)N1CCN(c2ccc(-n3cccc3)nn2)CC1. The number of anilines is 1. The van der Waals surface area contributed by atoms with Gasteiger partial charge in [0.25, 0.3) is 0 Å². The molecule has 0 aliphatic carbocycles. The van der Waals surface area contributed by atoms with Gasteiger partial charge in [-0.05, 0) is 42.0 Å². The molecule has 2 aromatic heterocycles. The van der Waals surface area contributed by atoms with E-state index < -0.39 is 21.8 Å². The summed E-state index contributed by atoms with van der Waals surface area (Å²) in [5, 5.41) is 8.44. The summed E-state index contributed by atoms with van der Waals surface area (Å²) in [5.74, 6) is 1.01. The first kappa shape index (κ1) is 21.3. The monoisotopic (exact) mass is 451 g/mol. The van der Waals surface area contributed by atoms with E-state index in [0.717, 1.165) is 12.1 Å². The van der Waals surface area contributed by atoms with Gasteiger partial charge >= 0.3 is 6.18 Å². The predicted molar refractivity (Wildman–Crippen MR) is 109 cm³/mol. The van der Waals surface area contributed by atoms with Gasteiger partial charge in [0.2, 0.25) is 10.0 Å². The molecule has 1 fully saturated rings. The second kappa shape index (κ2) is 8.31. The first-order valence-electron chi connectivity index (χ1n) is 9.58. The van der Waals surface area contributed by atoms with Crippen LogP contribution in [-0.2, 0) is 22.0 Å². The highest BCUT2D eigenvalue weighted by Crippen LogP contribution is 2.29. The highest BCUT2D eigenvalue weighted by molar-refractivity contribution is 7.88. The Hall–Kier alpha value is -2.92. The second-order valence-electron chi connectivity index (χ2n) is 7.18. The fourth-order valence-corrected chi connectivity index (χ4v) is 4.91. The van der Waals surface area contributed by atoms with Gasteiger partial charge in [-0.3, -0.25) is 0 Å². The molecule has 0 amide bonds. The van der Waals surface area contributed by atoms with E-state index in [-0.39, 0.29) is 18.8 Å². The number of aromatic nitrogens is 3. The average Bonchev–Trinajstić information content (AvgIpc) is 3.28. The Balaban J connectivity index is 1.36. The van der Waals surface area contributed by atoms with Crippen LogP contribution in [-0.4, -0.2) is 53.7 Å². The third kappa shape index (κ3) is 4.88. The first-order valence-corrected chi connectivity index (χ1v) is 11.2. The molecule has 31 heavy (non-hydrogen) atoms. The molecule has 7 nitrogen and oxygen atoms in total. The van der Waals surface area contributed by atoms with Gasteiger partial charge in [-0.15, -0.1) is 10.2 Å². The molecule has 3 aromatic rings. The van der Waals surface area contributed by atoms with E-state index in [1.54, 1.807) is 0 Å². The summed E-state index contributed by atoms with van der Waals surface area (Å²) in [7, 11) is -3.64. The Kier molecular flexibility index (Phi) is 5.71.